The van der Waals surface area contributed by atoms with Gasteiger partial charge in [0.15, 0.2) is 0 Å². The average molecular weight is 334 g/mol. The molecule has 2 aromatic carbocycles. The first-order valence-corrected chi connectivity index (χ1v) is 7.75. The second kappa shape index (κ2) is 5.66. The van der Waals surface area contributed by atoms with E-state index in [4.69, 9.17) is 5.73 Å². The van der Waals surface area contributed by atoms with Gasteiger partial charge >= 0.3 is 0 Å². The average Bonchev–Trinajstić information content (AvgIpc) is 2.40. The van der Waals surface area contributed by atoms with Gasteiger partial charge in [0, 0.05) is 4.47 Å². The lowest BCUT2D eigenvalue weighted by atomic mass is 9.79. The summed E-state index contributed by atoms with van der Waals surface area (Å²) in [5.74, 6) is 0.464. The van der Waals surface area contributed by atoms with E-state index in [1.165, 1.54) is 37.0 Å². The highest BCUT2D eigenvalue weighted by Gasteiger charge is 2.20. The maximum atomic E-state index is 13.4. The number of hydrogen-bond donors (Lipinski definition) is 1. The van der Waals surface area contributed by atoms with Gasteiger partial charge in [0.25, 0.3) is 0 Å². The van der Waals surface area contributed by atoms with Crippen molar-refractivity contribution in [1.29, 1.82) is 0 Å². The van der Waals surface area contributed by atoms with Crippen LogP contribution in [0.2, 0.25) is 0 Å². The molecule has 3 rings (SSSR count). The molecule has 1 aliphatic rings. The molecule has 104 valence electrons. The zero-order chi connectivity index (χ0) is 14.1. The van der Waals surface area contributed by atoms with Gasteiger partial charge in [-0.25, -0.2) is 4.39 Å². The van der Waals surface area contributed by atoms with Crippen molar-refractivity contribution >= 4 is 15.9 Å². The van der Waals surface area contributed by atoms with Crippen LogP contribution in [0.1, 0.15) is 47.9 Å². The summed E-state index contributed by atoms with van der Waals surface area (Å²) in [6, 6.07) is 12.8. The first-order chi connectivity index (χ1) is 9.65. The molecule has 1 nitrogen and oxygen atoms in total. The third-order valence-electron chi connectivity index (χ3n) is 4.17. The monoisotopic (exact) mass is 333 g/mol. The van der Waals surface area contributed by atoms with Gasteiger partial charge in [0.05, 0.1) is 6.04 Å². The quantitative estimate of drug-likeness (QED) is 0.848. The highest BCUT2D eigenvalue weighted by atomic mass is 79.9. The Kier molecular flexibility index (Phi) is 3.90. The minimum atomic E-state index is -0.310. The lowest BCUT2D eigenvalue weighted by molar-refractivity contribution is 0.419. The molecule has 1 aliphatic carbocycles. The van der Waals surface area contributed by atoms with Crippen molar-refractivity contribution in [2.24, 2.45) is 5.73 Å². The van der Waals surface area contributed by atoms with Gasteiger partial charge in [-0.05, 0) is 53.6 Å². The van der Waals surface area contributed by atoms with Crippen LogP contribution in [-0.4, -0.2) is 0 Å². The standard InChI is InChI=1S/C17H17BrFN/c18-16-9-8-14(19)10-15(16)17(20)13-6-4-12(5-7-13)11-2-1-3-11/h4-11,17H,1-3,20H2. The van der Waals surface area contributed by atoms with E-state index < -0.39 is 0 Å². The van der Waals surface area contributed by atoms with E-state index in [0.29, 0.717) is 0 Å². The minimum Gasteiger partial charge on any atom is -0.320 e. The van der Waals surface area contributed by atoms with Gasteiger partial charge in [-0.2, -0.15) is 0 Å². The molecule has 1 unspecified atom stereocenters. The van der Waals surface area contributed by atoms with Crippen LogP contribution in [0.5, 0.6) is 0 Å². The Morgan fingerprint density at radius 2 is 1.80 bits per heavy atom. The predicted octanol–water partition coefficient (Wildman–Crippen LogP) is 4.90. The van der Waals surface area contributed by atoms with Gasteiger partial charge in [-0.15, -0.1) is 0 Å². The SMILES string of the molecule is NC(c1ccc(C2CCC2)cc1)c1cc(F)ccc1Br. The molecule has 0 aliphatic heterocycles. The molecule has 0 radical (unpaired) electrons. The lowest BCUT2D eigenvalue weighted by Crippen LogP contribution is -2.14. The van der Waals surface area contributed by atoms with Gasteiger partial charge in [0.2, 0.25) is 0 Å². The van der Waals surface area contributed by atoms with Crippen molar-refractivity contribution in [3.8, 4) is 0 Å². The second-order valence-corrected chi connectivity index (χ2v) is 6.29. The fourth-order valence-electron chi connectivity index (χ4n) is 2.65. The molecular formula is C17H17BrFN. The Hall–Kier alpha value is -1.19. The fourth-order valence-corrected chi connectivity index (χ4v) is 3.14. The van der Waals surface area contributed by atoms with Gasteiger partial charge in [-0.1, -0.05) is 46.6 Å². The van der Waals surface area contributed by atoms with Crippen molar-refractivity contribution in [2.45, 2.75) is 31.2 Å². The third kappa shape index (κ3) is 2.65. The highest BCUT2D eigenvalue weighted by Crippen LogP contribution is 2.37. The van der Waals surface area contributed by atoms with Crippen LogP contribution in [-0.2, 0) is 0 Å². The van der Waals surface area contributed by atoms with Crippen molar-refractivity contribution in [2.75, 3.05) is 0 Å². The molecule has 0 spiro atoms. The third-order valence-corrected chi connectivity index (χ3v) is 4.89. The molecule has 0 heterocycles. The molecule has 0 aromatic heterocycles. The smallest absolute Gasteiger partial charge is 0.123 e. The molecule has 2 aromatic rings. The number of rotatable bonds is 3. The van der Waals surface area contributed by atoms with E-state index in [-0.39, 0.29) is 11.9 Å². The second-order valence-electron chi connectivity index (χ2n) is 5.44. The van der Waals surface area contributed by atoms with Crippen LogP contribution in [0.15, 0.2) is 46.9 Å². The summed E-state index contributed by atoms with van der Waals surface area (Å²) in [5, 5.41) is 0. The van der Waals surface area contributed by atoms with Gasteiger partial charge < -0.3 is 5.73 Å². The van der Waals surface area contributed by atoms with Crippen LogP contribution in [0.4, 0.5) is 4.39 Å². The Morgan fingerprint density at radius 3 is 2.40 bits per heavy atom. The van der Waals surface area contributed by atoms with Crippen molar-refractivity contribution in [1.82, 2.24) is 0 Å². The van der Waals surface area contributed by atoms with Crippen LogP contribution < -0.4 is 5.73 Å². The molecule has 1 atom stereocenters. The molecule has 1 saturated carbocycles. The van der Waals surface area contributed by atoms with Crippen molar-refractivity contribution in [3.63, 3.8) is 0 Å². The maximum Gasteiger partial charge on any atom is 0.123 e. The Labute approximate surface area is 127 Å². The Morgan fingerprint density at radius 1 is 1.10 bits per heavy atom. The summed E-state index contributed by atoms with van der Waals surface area (Å²) < 4.78 is 14.2. The number of halogens is 2. The number of hydrogen-bond acceptors (Lipinski definition) is 1. The maximum absolute atomic E-state index is 13.4. The van der Waals surface area contributed by atoms with Crippen molar-refractivity contribution in [3.05, 3.63) is 69.4 Å². The zero-order valence-corrected chi connectivity index (χ0v) is 12.7. The minimum absolute atomic E-state index is 0.260. The van der Waals surface area contributed by atoms with Crippen molar-refractivity contribution < 1.29 is 4.39 Å². The normalized spacial score (nSPS) is 16.8. The van der Waals surface area contributed by atoms with Gasteiger partial charge in [-0.3, -0.25) is 0 Å². The summed E-state index contributed by atoms with van der Waals surface area (Å²) in [6.07, 6.45) is 3.92. The summed E-state index contributed by atoms with van der Waals surface area (Å²) in [6.45, 7) is 0. The summed E-state index contributed by atoms with van der Waals surface area (Å²) >= 11 is 3.44. The topological polar surface area (TPSA) is 26.0 Å². The van der Waals surface area contributed by atoms with E-state index in [1.54, 1.807) is 6.07 Å². The Balaban J connectivity index is 1.85. The summed E-state index contributed by atoms with van der Waals surface area (Å²) in [7, 11) is 0. The zero-order valence-electron chi connectivity index (χ0n) is 11.2. The van der Waals surface area contributed by atoms with Crippen LogP contribution in [0, 0.1) is 5.82 Å². The molecule has 20 heavy (non-hydrogen) atoms. The molecule has 3 heteroatoms. The highest BCUT2D eigenvalue weighted by molar-refractivity contribution is 9.10. The largest absolute Gasteiger partial charge is 0.320 e. The molecular weight excluding hydrogens is 317 g/mol. The molecule has 2 N–H and O–H groups in total. The lowest BCUT2D eigenvalue weighted by Gasteiger charge is -2.26. The van der Waals surface area contributed by atoms with Crippen LogP contribution >= 0.6 is 15.9 Å². The molecule has 0 bridgehead atoms. The van der Waals surface area contributed by atoms with E-state index >= 15 is 0 Å². The predicted molar refractivity (Wildman–Crippen MR) is 83.2 cm³/mol. The molecule has 1 fully saturated rings. The first kappa shape index (κ1) is 13.8. The number of benzene rings is 2. The molecule has 0 amide bonds. The first-order valence-electron chi connectivity index (χ1n) is 6.95. The van der Waals surface area contributed by atoms with E-state index in [0.717, 1.165) is 21.5 Å². The van der Waals surface area contributed by atoms with Crippen LogP contribution in [0.3, 0.4) is 0 Å². The Bertz CT molecular complexity index is 605. The van der Waals surface area contributed by atoms with E-state index in [1.807, 2.05) is 0 Å². The summed E-state index contributed by atoms with van der Waals surface area (Å²) in [5.41, 5.74) is 9.45. The fraction of sp³-hybridized carbons (Fsp3) is 0.294. The van der Waals surface area contributed by atoms with Crippen LogP contribution in [0.25, 0.3) is 0 Å². The summed E-state index contributed by atoms with van der Waals surface area (Å²) in [4.78, 5) is 0. The van der Waals surface area contributed by atoms with E-state index in [2.05, 4.69) is 40.2 Å². The van der Waals surface area contributed by atoms with Gasteiger partial charge in [0.1, 0.15) is 5.82 Å². The van der Waals surface area contributed by atoms with E-state index in [9.17, 15) is 4.39 Å². The number of nitrogens with two attached hydrogens (primary N) is 1. The molecule has 0 saturated heterocycles.